The summed E-state index contributed by atoms with van der Waals surface area (Å²) in [5.74, 6) is -0.153. The number of aliphatic carboxylic acids is 1. The van der Waals surface area contributed by atoms with Crippen molar-refractivity contribution < 1.29 is 15.0 Å². The second-order valence-electron chi connectivity index (χ2n) is 9.64. The van der Waals surface area contributed by atoms with E-state index in [1.807, 2.05) is 54.6 Å². The molecule has 2 fully saturated rings. The fourth-order valence-corrected chi connectivity index (χ4v) is 5.89. The van der Waals surface area contributed by atoms with Gasteiger partial charge in [0.25, 0.3) is 0 Å². The lowest BCUT2D eigenvalue weighted by Crippen LogP contribution is -2.47. The molecule has 2 saturated carbocycles. The summed E-state index contributed by atoms with van der Waals surface area (Å²) in [5.41, 5.74) is 1.79. The zero-order valence-corrected chi connectivity index (χ0v) is 18.0. The SMILES string of the molecule is CN(C)C[C@H]1C2CC[C@H](C2)C[C@]1(O)c1cccc([C@H](Cc2ccccc2)C(=O)O)c1. The first-order valence-corrected chi connectivity index (χ1v) is 11.1. The highest BCUT2D eigenvalue weighted by molar-refractivity contribution is 5.76. The van der Waals surface area contributed by atoms with Gasteiger partial charge in [0.15, 0.2) is 0 Å². The van der Waals surface area contributed by atoms with Crippen molar-refractivity contribution in [1.82, 2.24) is 4.90 Å². The number of carboxylic acid groups (broad SMARTS) is 1. The highest BCUT2D eigenvalue weighted by atomic mass is 16.4. The van der Waals surface area contributed by atoms with Gasteiger partial charge in [0, 0.05) is 12.5 Å². The van der Waals surface area contributed by atoms with E-state index in [9.17, 15) is 15.0 Å². The van der Waals surface area contributed by atoms with E-state index in [4.69, 9.17) is 0 Å². The average molecular weight is 408 g/mol. The van der Waals surface area contributed by atoms with Gasteiger partial charge in [-0.15, -0.1) is 0 Å². The molecule has 0 amide bonds. The van der Waals surface area contributed by atoms with Crippen molar-refractivity contribution in [2.24, 2.45) is 17.8 Å². The Morgan fingerprint density at radius 2 is 1.90 bits per heavy atom. The molecule has 5 atom stereocenters. The van der Waals surface area contributed by atoms with Crippen LogP contribution < -0.4 is 0 Å². The van der Waals surface area contributed by atoms with E-state index in [1.165, 1.54) is 19.3 Å². The first-order valence-electron chi connectivity index (χ1n) is 11.1. The van der Waals surface area contributed by atoms with Gasteiger partial charge in [-0.05, 0) is 68.3 Å². The van der Waals surface area contributed by atoms with Gasteiger partial charge < -0.3 is 15.1 Å². The summed E-state index contributed by atoms with van der Waals surface area (Å²) in [6.45, 7) is 0.852. The molecule has 0 spiro atoms. The summed E-state index contributed by atoms with van der Waals surface area (Å²) in [6, 6.07) is 17.6. The van der Waals surface area contributed by atoms with Crippen LogP contribution in [-0.2, 0) is 16.8 Å². The molecule has 2 aromatic carbocycles. The molecule has 2 aliphatic carbocycles. The van der Waals surface area contributed by atoms with Crippen molar-refractivity contribution in [2.75, 3.05) is 20.6 Å². The molecular formula is C26H33NO3. The van der Waals surface area contributed by atoms with E-state index in [0.29, 0.717) is 18.3 Å². The molecule has 2 N–H and O–H groups in total. The molecule has 4 rings (SSSR count). The molecule has 30 heavy (non-hydrogen) atoms. The van der Waals surface area contributed by atoms with Crippen molar-refractivity contribution >= 4 is 5.97 Å². The molecule has 2 aliphatic rings. The summed E-state index contributed by atoms with van der Waals surface area (Å²) < 4.78 is 0. The highest BCUT2D eigenvalue weighted by Gasteiger charge is 2.51. The molecule has 0 aromatic heterocycles. The third-order valence-corrected chi connectivity index (χ3v) is 7.30. The smallest absolute Gasteiger partial charge is 0.311 e. The van der Waals surface area contributed by atoms with Crippen LogP contribution in [0.2, 0.25) is 0 Å². The van der Waals surface area contributed by atoms with E-state index >= 15 is 0 Å². The number of aliphatic hydroxyl groups is 1. The van der Waals surface area contributed by atoms with Crippen LogP contribution in [0.1, 0.15) is 48.3 Å². The zero-order chi connectivity index (χ0) is 21.3. The van der Waals surface area contributed by atoms with E-state index in [-0.39, 0.29) is 5.92 Å². The number of carboxylic acids is 1. The molecule has 1 unspecified atom stereocenters. The number of hydrogen-bond acceptors (Lipinski definition) is 3. The number of nitrogens with zero attached hydrogens (tertiary/aromatic N) is 1. The van der Waals surface area contributed by atoms with Crippen LogP contribution in [0, 0.1) is 17.8 Å². The summed E-state index contributed by atoms with van der Waals surface area (Å²) >= 11 is 0. The predicted molar refractivity (Wildman–Crippen MR) is 118 cm³/mol. The molecule has 0 heterocycles. The van der Waals surface area contributed by atoms with Crippen molar-refractivity contribution in [3.05, 3.63) is 71.3 Å². The molecule has 2 bridgehead atoms. The first-order chi connectivity index (χ1) is 14.4. The van der Waals surface area contributed by atoms with E-state index < -0.39 is 17.5 Å². The number of hydrogen-bond donors (Lipinski definition) is 2. The van der Waals surface area contributed by atoms with Crippen molar-refractivity contribution in [1.29, 1.82) is 0 Å². The molecule has 0 saturated heterocycles. The Bertz CT molecular complexity index is 881. The largest absolute Gasteiger partial charge is 0.481 e. The Hall–Kier alpha value is -2.17. The topological polar surface area (TPSA) is 60.8 Å². The van der Waals surface area contributed by atoms with Gasteiger partial charge in [-0.3, -0.25) is 4.79 Å². The predicted octanol–water partition coefficient (Wildman–Crippen LogP) is 4.28. The normalized spacial score (nSPS) is 29.1. The second-order valence-corrected chi connectivity index (χ2v) is 9.64. The average Bonchev–Trinajstić information content (AvgIpc) is 3.13. The van der Waals surface area contributed by atoms with E-state index in [0.717, 1.165) is 29.7 Å². The van der Waals surface area contributed by atoms with Crippen LogP contribution in [0.3, 0.4) is 0 Å². The van der Waals surface area contributed by atoms with Gasteiger partial charge in [0.1, 0.15) is 0 Å². The van der Waals surface area contributed by atoms with Gasteiger partial charge in [-0.2, -0.15) is 0 Å². The molecule has 0 radical (unpaired) electrons. The summed E-state index contributed by atoms with van der Waals surface area (Å²) in [7, 11) is 4.14. The molecule has 4 heteroatoms. The highest BCUT2D eigenvalue weighted by Crippen LogP contribution is 2.54. The lowest BCUT2D eigenvalue weighted by atomic mass is 9.65. The lowest BCUT2D eigenvalue weighted by Gasteiger charge is -2.45. The van der Waals surface area contributed by atoms with E-state index in [1.54, 1.807) is 0 Å². The second kappa shape index (κ2) is 8.52. The maximum Gasteiger partial charge on any atom is 0.311 e. The van der Waals surface area contributed by atoms with Gasteiger partial charge in [-0.1, -0.05) is 61.0 Å². The fraction of sp³-hybridized carbons (Fsp3) is 0.500. The van der Waals surface area contributed by atoms with E-state index in [2.05, 4.69) is 19.0 Å². The van der Waals surface area contributed by atoms with Gasteiger partial charge in [0.05, 0.1) is 11.5 Å². The van der Waals surface area contributed by atoms with Crippen molar-refractivity contribution in [3.63, 3.8) is 0 Å². The molecule has 2 aromatic rings. The molecule has 0 aliphatic heterocycles. The lowest BCUT2D eigenvalue weighted by molar-refractivity contribution is -0.138. The van der Waals surface area contributed by atoms with Crippen LogP contribution in [0.25, 0.3) is 0 Å². The Morgan fingerprint density at radius 1 is 1.13 bits per heavy atom. The fourth-order valence-electron chi connectivity index (χ4n) is 5.89. The van der Waals surface area contributed by atoms with Gasteiger partial charge in [0.2, 0.25) is 0 Å². The number of benzene rings is 2. The maximum absolute atomic E-state index is 12.1. The summed E-state index contributed by atoms with van der Waals surface area (Å²) in [4.78, 5) is 14.3. The van der Waals surface area contributed by atoms with Gasteiger partial charge >= 0.3 is 5.97 Å². The maximum atomic E-state index is 12.1. The van der Waals surface area contributed by atoms with Crippen LogP contribution in [0.4, 0.5) is 0 Å². The minimum atomic E-state index is -0.889. The third kappa shape index (κ3) is 4.17. The number of fused-ring (bicyclic) bond motifs is 2. The monoisotopic (exact) mass is 407 g/mol. The summed E-state index contributed by atoms with van der Waals surface area (Å²) in [6.07, 6.45) is 4.83. The number of rotatable bonds is 7. The standard InChI is InChI=1S/C26H33NO3/c1-27(2)17-24-21-12-11-19(13-21)16-26(24,30)22-10-6-9-20(15-22)23(25(28)29)14-18-7-4-3-5-8-18/h3-10,15,19,21,23-24,30H,11-14,16-17H2,1-2H3,(H,28,29)/t19-,21?,23+,24+,26+/m1/s1. The van der Waals surface area contributed by atoms with Crippen LogP contribution in [0.15, 0.2) is 54.6 Å². The van der Waals surface area contributed by atoms with Crippen LogP contribution >= 0.6 is 0 Å². The summed E-state index contributed by atoms with van der Waals surface area (Å²) in [5, 5.41) is 21.9. The van der Waals surface area contributed by atoms with Gasteiger partial charge in [-0.25, -0.2) is 0 Å². The number of carbonyl (C=O) groups is 1. The van der Waals surface area contributed by atoms with Crippen LogP contribution in [0.5, 0.6) is 0 Å². The minimum Gasteiger partial charge on any atom is -0.481 e. The molecular weight excluding hydrogens is 374 g/mol. The van der Waals surface area contributed by atoms with Crippen molar-refractivity contribution in [2.45, 2.75) is 43.6 Å². The van der Waals surface area contributed by atoms with Crippen LogP contribution in [-0.4, -0.2) is 41.7 Å². The Labute approximate surface area is 179 Å². The third-order valence-electron chi connectivity index (χ3n) is 7.30. The molecule has 160 valence electrons. The Kier molecular flexibility index (Phi) is 5.99. The van der Waals surface area contributed by atoms with Crippen molar-refractivity contribution in [3.8, 4) is 0 Å². The Balaban J connectivity index is 1.67. The quantitative estimate of drug-likeness (QED) is 0.719. The minimum absolute atomic E-state index is 0.180. The first kappa shape index (κ1) is 21.1. The Morgan fingerprint density at radius 3 is 2.60 bits per heavy atom. The zero-order valence-electron chi connectivity index (χ0n) is 18.0. The molecule has 4 nitrogen and oxygen atoms in total.